The molecule has 0 saturated carbocycles. The quantitative estimate of drug-likeness (QED) is 0.816. The number of likely N-dealkylation sites (tertiary alicyclic amines) is 1. The number of carbonyl (C=O) groups excluding carboxylic acids is 2. The van der Waals surface area contributed by atoms with Gasteiger partial charge in [0.25, 0.3) is 0 Å². The summed E-state index contributed by atoms with van der Waals surface area (Å²) < 4.78 is 0. The van der Waals surface area contributed by atoms with Crippen LogP contribution in [-0.2, 0) is 16.1 Å². The van der Waals surface area contributed by atoms with E-state index in [1.807, 2.05) is 17.5 Å². The molecule has 0 radical (unpaired) electrons. The van der Waals surface area contributed by atoms with Crippen LogP contribution in [0.25, 0.3) is 0 Å². The Morgan fingerprint density at radius 1 is 1.67 bits per heavy atom. The third kappa shape index (κ3) is 2.18. The van der Waals surface area contributed by atoms with Crippen LogP contribution in [-0.4, -0.2) is 23.3 Å². The maximum atomic E-state index is 11.5. The highest BCUT2D eigenvalue weighted by Gasteiger charge is 2.32. The summed E-state index contributed by atoms with van der Waals surface area (Å²) in [5.74, 6) is -0.665. The number of nitrogens with zero attached hydrogens (tertiary/aromatic N) is 1. The van der Waals surface area contributed by atoms with Crippen LogP contribution in [0, 0.1) is 5.92 Å². The van der Waals surface area contributed by atoms with Crippen LogP contribution >= 0.6 is 11.3 Å². The Balaban J connectivity index is 2.00. The van der Waals surface area contributed by atoms with E-state index in [4.69, 9.17) is 5.73 Å². The van der Waals surface area contributed by atoms with Crippen molar-refractivity contribution in [2.45, 2.75) is 13.0 Å². The van der Waals surface area contributed by atoms with Gasteiger partial charge < -0.3 is 10.6 Å². The van der Waals surface area contributed by atoms with Crippen molar-refractivity contribution < 1.29 is 9.59 Å². The maximum absolute atomic E-state index is 11.5. The van der Waals surface area contributed by atoms with E-state index in [9.17, 15) is 9.59 Å². The second-order valence-electron chi connectivity index (χ2n) is 3.66. The lowest BCUT2D eigenvalue weighted by atomic mass is 10.1. The van der Waals surface area contributed by atoms with E-state index in [-0.39, 0.29) is 24.2 Å². The molecular formula is C10H12N2O2S. The summed E-state index contributed by atoms with van der Waals surface area (Å²) in [4.78, 5) is 25.3. The van der Waals surface area contributed by atoms with Gasteiger partial charge in [-0.15, -0.1) is 11.3 Å². The molecule has 4 nitrogen and oxygen atoms in total. The van der Waals surface area contributed by atoms with Gasteiger partial charge in [-0.2, -0.15) is 0 Å². The lowest BCUT2D eigenvalue weighted by molar-refractivity contribution is -0.128. The van der Waals surface area contributed by atoms with E-state index < -0.39 is 0 Å². The molecule has 1 saturated heterocycles. The molecule has 2 N–H and O–H groups in total. The SMILES string of the molecule is NC(=O)C1CC(=O)N(Cc2cccs2)C1. The third-order valence-corrected chi connectivity index (χ3v) is 3.40. The fourth-order valence-corrected chi connectivity index (χ4v) is 2.43. The number of carbonyl (C=O) groups is 2. The third-order valence-electron chi connectivity index (χ3n) is 2.54. The standard InChI is InChI=1S/C10H12N2O2S/c11-10(14)7-4-9(13)12(5-7)6-8-2-1-3-15-8/h1-3,7H,4-6H2,(H2,11,14). The van der Waals surface area contributed by atoms with Gasteiger partial charge in [0.2, 0.25) is 11.8 Å². The Bertz CT molecular complexity index is 375. The summed E-state index contributed by atoms with van der Waals surface area (Å²) in [6.07, 6.45) is 0.265. The molecule has 0 aromatic carbocycles. The van der Waals surface area contributed by atoms with Gasteiger partial charge in [-0.25, -0.2) is 0 Å². The highest BCUT2D eigenvalue weighted by molar-refractivity contribution is 7.09. The largest absolute Gasteiger partial charge is 0.369 e. The Morgan fingerprint density at radius 2 is 2.47 bits per heavy atom. The van der Waals surface area contributed by atoms with Crippen molar-refractivity contribution >= 4 is 23.2 Å². The van der Waals surface area contributed by atoms with Crippen LogP contribution in [0.1, 0.15) is 11.3 Å². The molecule has 1 unspecified atom stereocenters. The van der Waals surface area contributed by atoms with Crippen LogP contribution in [0.4, 0.5) is 0 Å². The van der Waals surface area contributed by atoms with Gasteiger partial charge in [-0.3, -0.25) is 9.59 Å². The van der Waals surface area contributed by atoms with Crippen LogP contribution in [0.2, 0.25) is 0 Å². The molecule has 2 amide bonds. The predicted molar refractivity (Wildman–Crippen MR) is 57.0 cm³/mol. The zero-order valence-electron chi connectivity index (χ0n) is 8.18. The Morgan fingerprint density at radius 3 is 3.00 bits per heavy atom. The highest BCUT2D eigenvalue weighted by Crippen LogP contribution is 2.21. The number of thiophene rings is 1. The van der Waals surface area contributed by atoms with Crippen molar-refractivity contribution in [2.75, 3.05) is 6.54 Å². The van der Waals surface area contributed by atoms with Crippen molar-refractivity contribution in [1.29, 1.82) is 0 Å². The van der Waals surface area contributed by atoms with Crippen LogP contribution in [0.15, 0.2) is 17.5 Å². The molecule has 15 heavy (non-hydrogen) atoms. The van der Waals surface area contributed by atoms with Gasteiger partial charge in [0.1, 0.15) is 0 Å². The monoisotopic (exact) mass is 224 g/mol. The van der Waals surface area contributed by atoms with Crippen LogP contribution in [0.5, 0.6) is 0 Å². The minimum atomic E-state index is -0.378. The molecule has 0 spiro atoms. The number of nitrogens with two attached hydrogens (primary N) is 1. The molecule has 80 valence electrons. The van der Waals surface area contributed by atoms with Crippen molar-refractivity contribution in [3.05, 3.63) is 22.4 Å². The normalized spacial score (nSPS) is 20.9. The zero-order valence-corrected chi connectivity index (χ0v) is 9.00. The number of rotatable bonds is 3. The zero-order chi connectivity index (χ0) is 10.8. The summed E-state index contributed by atoms with van der Waals surface area (Å²) in [5.41, 5.74) is 5.18. The average molecular weight is 224 g/mol. The van der Waals surface area contributed by atoms with Gasteiger partial charge in [0.15, 0.2) is 0 Å². The molecule has 1 aliphatic heterocycles. The fraction of sp³-hybridized carbons (Fsp3) is 0.400. The molecule has 2 rings (SSSR count). The lowest BCUT2D eigenvalue weighted by Crippen LogP contribution is -2.28. The number of amides is 2. The lowest BCUT2D eigenvalue weighted by Gasteiger charge is -2.14. The molecule has 1 aliphatic rings. The smallest absolute Gasteiger partial charge is 0.223 e. The molecule has 2 heterocycles. The Hall–Kier alpha value is -1.36. The first-order chi connectivity index (χ1) is 7.16. The summed E-state index contributed by atoms with van der Waals surface area (Å²) in [5, 5.41) is 1.97. The van der Waals surface area contributed by atoms with E-state index in [0.717, 1.165) is 4.88 Å². The van der Waals surface area contributed by atoms with E-state index in [2.05, 4.69) is 0 Å². The molecule has 0 aliphatic carbocycles. The summed E-state index contributed by atoms with van der Waals surface area (Å²) >= 11 is 1.61. The van der Waals surface area contributed by atoms with Gasteiger partial charge in [0.05, 0.1) is 12.5 Å². The van der Waals surface area contributed by atoms with Crippen molar-refractivity contribution in [1.82, 2.24) is 4.90 Å². The van der Waals surface area contributed by atoms with Crippen molar-refractivity contribution in [3.63, 3.8) is 0 Å². The van der Waals surface area contributed by atoms with Gasteiger partial charge in [-0.05, 0) is 11.4 Å². The molecule has 1 aromatic heterocycles. The van der Waals surface area contributed by atoms with Crippen LogP contribution < -0.4 is 5.73 Å². The first-order valence-corrected chi connectivity index (χ1v) is 5.64. The molecule has 1 atom stereocenters. The van der Waals surface area contributed by atoms with E-state index in [1.54, 1.807) is 16.2 Å². The first-order valence-electron chi connectivity index (χ1n) is 4.76. The number of hydrogen-bond acceptors (Lipinski definition) is 3. The second-order valence-corrected chi connectivity index (χ2v) is 4.69. The Labute approximate surface area is 91.7 Å². The molecule has 1 fully saturated rings. The maximum Gasteiger partial charge on any atom is 0.223 e. The topological polar surface area (TPSA) is 63.4 Å². The number of hydrogen-bond donors (Lipinski definition) is 1. The minimum absolute atomic E-state index is 0.0206. The van der Waals surface area contributed by atoms with Gasteiger partial charge in [-0.1, -0.05) is 6.07 Å². The average Bonchev–Trinajstić information content (AvgIpc) is 2.77. The Kier molecular flexibility index (Phi) is 2.73. The van der Waals surface area contributed by atoms with Crippen LogP contribution in [0.3, 0.4) is 0 Å². The molecular weight excluding hydrogens is 212 g/mol. The van der Waals surface area contributed by atoms with E-state index in [0.29, 0.717) is 13.1 Å². The van der Waals surface area contributed by atoms with Crippen molar-refractivity contribution in [3.8, 4) is 0 Å². The summed E-state index contributed by atoms with van der Waals surface area (Å²) in [6.45, 7) is 1.06. The summed E-state index contributed by atoms with van der Waals surface area (Å²) in [7, 11) is 0. The predicted octanol–water partition coefficient (Wildman–Crippen LogP) is 0.582. The number of primary amides is 1. The molecule has 0 bridgehead atoms. The molecule has 1 aromatic rings. The van der Waals surface area contributed by atoms with Crippen molar-refractivity contribution in [2.24, 2.45) is 11.7 Å². The second kappa shape index (κ2) is 4.02. The van der Waals surface area contributed by atoms with E-state index >= 15 is 0 Å². The van der Waals surface area contributed by atoms with E-state index in [1.165, 1.54) is 0 Å². The first kappa shape index (κ1) is 10.2. The fourth-order valence-electron chi connectivity index (χ4n) is 1.71. The molecule has 5 heteroatoms. The minimum Gasteiger partial charge on any atom is -0.369 e. The van der Waals surface area contributed by atoms with Gasteiger partial charge in [0, 0.05) is 17.8 Å². The summed E-state index contributed by atoms with van der Waals surface area (Å²) in [6, 6.07) is 3.93. The highest BCUT2D eigenvalue weighted by atomic mass is 32.1. The van der Waals surface area contributed by atoms with Gasteiger partial charge >= 0.3 is 0 Å².